The van der Waals surface area contributed by atoms with Gasteiger partial charge in [-0.25, -0.2) is 14.4 Å². The molecule has 1 saturated heterocycles. The number of ether oxygens (including phenoxy) is 2. The van der Waals surface area contributed by atoms with E-state index in [-0.39, 0.29) is 25.0 Å². The molecule has 2 aliphatic rings. The van der Waals surface area contributed by atoms with E-state index in [0.29, 0.717) is 45.2 Å². The molecule has 5 atom stereocenters. The van der Waals surface area contributed by atoms with E-state index < -0.39 is 56.4 Å². The van der Waals surface area contributed by atoms with Gasteiger partial charge in [-0.1, -0.05) is 67.1 Å². The summed E-state index contributed by atoms with van der Waals surface area (Å²) in [7, 11) is -2.83. The average molecular weight is 728 g/mol. The Morgan fingerprint density at radius 2 is 1.61 bits per heavy atom. The Labute approximate surface area is 299 Å². The van der Waals surface area contributed by atoms with Gasteiger partial charge >= 0.3 is 26.3 Å². The molecule has 4 unspecified atom stereocenters. The van der Waals surface area contributed by atoms with Crippen LogP contribution in [0.25, 0.3) is 0 Å². The average Bonchev–Trinajstić information content (AvgIpc) is 3.65. The fourth-order valence-electron chi connectivity index (χ4n) is 5.51. The van der Waals surface area contributed by atoms with E-state index in [9.17, 15) is 28.5 Å². The first-order valence-corrected chi connectivity index (χ1v) is 18.6. The van der Waals surface area contributed by atoms with Crippen molar-refractivity contribution in [2.24, 2.45) is 5.92 Å². The number of hydrogen-bond donors (Lipinski definition) is 4. The zero-order valence-corrected chi connectivity index (χ0v) is 29.8. The van der Waals surface area contributed by atoms with Crippen LogP contribution in [-0.2, 0) is 55.3 Å². The zero-order chi connectivity index (χ0) is 36.4. The van der Waals surface area contributed by atoms with Crippen molar-refractivity contribution in [2.75, 3.05) is 19.7 Å². The van der Waals surface area contributed by atoms with Gasteiger partial charge in [-0.3, -0.25) is 9.59 Å². The lowest BCUT2D eigenvalue weighted by atomic mass is 9.84. The van der Waals surface area contributed by atoms with Crippen LogP contribution in [0.15, 0.2) is 60.7 Å². The number of carbonyl (C=O) groups excluding carboxylic acids is 5. The predicted octanol–water partition coefficient (Wildman–Crippen LogP) is 4.00. The molecule has 15 heteroatoms. The Morgan fingerprint density at radius 1 is 0.902 bits per heavy atom. The number of carbonyl (C=O) groups is 5. The number of esters is 2. The van der Waals surface area contributed by atoms with Crippen molar-refractivity contribution in [3.05, 3.63) is 71.8 Å². The lowest BCUT2D eigenvalue weighted by Crippen LogP contribution is -2.52. The lowest BCUT2D eigenvalue weighted by molar-refractivity contribution is -0.165. The summed E-state index contributed by atoms with van der Waals surface area (Å²) < 4.78 is 33.4. The molecular weight excluding hydrogens is 679 g/mol. The summed E-state index contributed by atoms with van der Waals surface area (Å²) >= 11 is 0. The smallest absolute Gasteiger partial charge is 0.445 e. The minimum absolute atomic E-state index is 0.135. The summed E-state index contributed by atoms with van der Waals surface area (Å²) in [6.45, 7) is 2.20. The molecule has 276 valence electrons. The topological polar surface area (TPSA) is 187 Å². The maximum absolute atomic E-state index is 13.7. The molecule has 0 radical (unpaired) electrons. The largest absolute Gasteiger partial charge is 0.698 e. The van der Waals surface area contributed by atoms with Crippen LogP contribution in [0.4, 0.5) is 4.79 Å². The normalized spacial score (nSPS) is 17.6. The van der Waals surface area contributed by atoms with Crippen LogP contribution < -0.4 is 21.3 Å². The first kappa shape index (κ1) is 39.6. The van der Waals surface area contributed by atoms with Gasteiger partial charge in [0.2, 0.25) is 17.9 Å². The Bertz CT molecular complexity index is 1450. The van der Waals surface area contributed by atoms with Gasteiger partial charge in [0.05, 0.1) is 6.04 Å². The van der Waals surface area contributed by atoms with Gasteiger partial charge in [0.25, 0.3) is 0 Å². The molecule has 1 aliphatic heterocycles. The second-order valence-corrected chi connectivity index (χ2v) is 13.6. The third kappa shape index (κ3) is 14.1. The molecule has 1 aliphatic carbocycles. The molecule has 2 aromatic rings. The summed E-state index contributed by atoms with van der Waals surface area (Å²) in [5.41, 5.74) is 1.75. The van der Waals surface area contributed by atoms with Gasteiger partial charge in [0.15, 0.2) is 0 Å². The number of unbranched alkanes of at least 4 members (excludes halogenated alkanes) is 1. The third-order valence-corrected chi connectivity index (χ3v) is 9.53. The highest BCUT2D eigenvalue weighted by Gasteiger charge is 2.35. The van der Waals surface area contributed by atoms with Crippen LogP contribution in [0.5, 0.6) is 0 Å². The first-order chi connectivity index (χ1) is 24.7. The summed E-state index contributed by atoms with van der Waals surface area (Å²) in [6, 6.07) is 16.5. The van der Waals surface area contributed by atoms with E-state index in [0.717, 1.165) is 36.8 Å². The van der Waals surface area contributed by atoms with E-state index >= 15 is 0 Å². The Kier molecular flexibility index (Phi) is 16.4. The molecule has 2 aromatic carbocycles. The van der Waals surface area contributed by atoms with Crippen molar-refractivity contribution < 1.29 is 47.1 Å². The van der Waals surface area contributed by atoms with Crippen molar-refractivity contribution in [1.29, 1.82) is 0 Å². The Morgan fingerprint density at radius 3 is 2.25 bits per heavy atom. The van der Waals surface area contributed by atoms with Gasteiger partial charge in [-0.2, -0.15) is 0 Å². The number of amides is 3. The van der Waals surface area contributed by atoms with Crippen molar-refractivity contribution >= 4 is 38.1 Å². The molecule has 4 N–H and O–H groups in total. The van der Waals surface area contributed by atoms with Crippen LogP contribution in [-0.4, -0.2) is 73.8 Å². The van der Waals surface area contributed by atoms with Crippen LogP contribution in [0.1, 0.15) is 69.4 Å². The highest BCUT2D eigenvalue weighted by Crippen LogP contribution is 2.28. The molecule has 3 amide bonds. The molecule has 1 heterocycles. The molecule has 0 spiro atoms. The number of rotatable bonds is 20. The van der Waals surface area contributed by atoms with Gasteiger partial charge in [0.1, 0.15) is 25.3 Å². The summed E-state index contributed by atoms with van der Waals surface area (Å²) in [5.74, 6) is -2.45. The molecule has 2 fully saturated rings. The van der Waals surface area contributed by atoms with Crippen molar-refractivity contribution in [1.82, 2.24) is 21.3 Å². The van der Waals surface area contributed by atoms with Gasteiger partial charge in [-0.15, -0.1) is 9.05 Å². The van der Waals surface area contributed by atoms with E-state index in [1.807, 2.05) is 60.7 Å². The van der Waals surface area contributed by atoms with Crippen LogP contribution >= 0.6 is 8.25 Å². The first-order valence-electron chi connectivity index (χ1n) is 17.5. The van der Waals surface area contributed by atoms with Crippen LogP contribution in [0.3, 0.4) is 0 Å². The van der Waals surface area contributed by atoms with E-state index in [2.05, 4.69) is 21.3 Å². The van der Waals surface area contributed by atoms with Crippen molar-refractivity contribution in [2.45, 2.75) is 95.5 Å². The molecule has 0 bridgehead atoms. The Hall–Kier alpha value is -4.23. The molecule has 14 nitrogen and oxygen atoms in total. The predicted molar refractivity (Wildman–Crippen MR) is 186 cm³/mol. The van der Waals surface area contributed by atoms with Gasteiger partial charge < -0.3 is 30.7 Å². The SMILES string of the molecule is CC(O[P+](=O)OCC(Cc1ccccc1)NC(=O)C(CCCCNC(=O)OCc1ccccc1)NC(=O)C1CCC1)C(=O)OC(=O)[C@@H]1CCCN1. The summed E-state index contributed by atoms with van der Waals surface area (Å²) in [5, 5.41) is 11.5. The number of benzene rings is 2. The van der Waals surface area contributed by atoms with E-state index in [1.54, 1.807) is 0 Å². The van der Waals surface area contributed by atoms with Gasteiger partial charge in [-0.05, 0) is 76.0 Å². The van der Waals surface area contributed by atoms with Crippen molar-refractivity contribution in [3.8, 4) is 0 Å². The third-order valence-electron chi connectivity index (χ3n) is 8.69. The van der Waals surface area contributed by atoms with E-state index in [4.69, 9.17) is 18.5 Å². The standard InChI is InChI=1S/C36H47N4O10P/c1-25(34(43)49-35(44)31-19-11-21-37-31)50-51(46)48-24-29(22-26-12-4-2-5-13-26)39-33(42)30(40-32(41)28-16-10-17-28)18-8-9-20-38-36(45)47-23-27-14-6-3-7-15-27/h2-7,12-15,25,28-31,37H,8-11,16-24H2,1H3,(H2-,38,39,40,41,42,45)/p+1/t25?,29?,30?,31-/m0/s1. The highest BCUT2D eigenvalue weighted by molar-refractivity contribution is 7.33. The minimum Gasteiger partial charge on any atom is -0.445 e. The second-order valence-electron chi connectivity index (χ2n) is 12.7. The quantitative estimate of drug-likeness (QED) is 0.0669. The highest BCUT2D eigenvalue weighted by atomic mass is 31.1. The van der Waals surface area contributed by atoms with Crippen LogP contribution in [0, 0.1) is 5.92 Å². The van der Waals surface area contributed by atoms with Crippen molar-refractivity contribution in [3.63, 3.8) is 0 Å². The number of nitrogens with one attached hydrogen (secondary N) is 4. The molecular formula is C36H48N4O10P+. The fourth-order valence-corrected chi connectivity index (χ4v) is 6.22. The van der Waals surface area contributed by atoms with Gasteiger partial charge in [0, 0.05) is 17.0 Å². The minimum atomic E-state index is -2.83. The fraction of sp³-hybridized carbons (Fsp3) is 0.528. The number of hydrogen-bond acceptors (Lipinski definition) is 11. The Balaban J connectivity index is 1.28. The number of alkyl carbamates (subject to hydrolysis) is 1. The molecule has 0 aromatic heterocycles. The second kappa shape index (κ2) is 21.2. The molecule has 4 rings (SSSR count). The summed E-state index contributed by atoms with van der Waals surface area (Å²) in [4.78, 5) is 63.2. The molecule has 51 heavy (non-hydrogen) atoms. The van der Waals surface area contributed by atoms with E-state index in [1.165, 1.54) is 6.92 Å². The maximum Gasteiger partial charge on any atom is 0.698 e. The molecule has 1 saturated carbocycles. The summed E-state index contributed by atoms with van der Waals surface area (Å²) in [6.07, 6.45) is 3.66. The lowest BCUT2D eigenvalue weighted by Gasteiger charge is -2.28. The zero-order valence-electron chi connectivity index (χ0n) is 28.9. The maximum atomic E-state index is 13.7. The van der Waals surface area contributed by atoms with Crippen LogP contribution in [0.2, 0.25) is 0 Å². The monoisotopic (exact) mass is 727 g/mol.